The van der Waals surface area contributed by atoms with Gasteiger partial charge >= 0.3 is 5.97 Å². The van der Waals surface area contributed by atoms with Gasteiger partial charge in [0.1, 0.15) is 0 Å². The summed E-state index contributed by atoms with van der Waals surface area (Å²) in [5.74, 6) is -0.751. The highest BCUT2D eigenvalue weighted by Crippen LogP contribution is 2.59. The Morgan fingerprint density at radius 2 is 1.93 bits per heavy atom. The van der Waals surface area contributed by atoms with Gasteiger partial charge in [-0.3, -0.25) is 4.79 Å². The van der Waals surface area contributed by atoms with Gasteiger partial charge in [0.15, 0.2) is 0 Å². The molecule has 2 heteroatoms. The summed E-state index contributed by atoms with van der Waals surface area (Å²) in [5.41, 5.74) is 2.02. The van der Waals surface area contributed by atoms with Crippen LogP contribution < -0.4 is 0 Å². The number of allylic oxidation sites excluding steroid dienone is 3. The van der Waals surface area contributed by atoms with Crippen molar-refractivity contribution in [3.8, 4) is 0 Å². The molecule has 1 saturated carbocycles. The number of carboxylic acids is 1. The van der Waals surface area contributed by atoms with E-state index in [2.05, 4.69) is 6.58 Å². The molecule has 0 spiro atoms. The lowest BCUT2D eigenvalue weighted by Gasteiger charge is -2.00. The summed E-state index contributed by atoms with van der Waals surface area (Å²) in [6.07, 6.45) is 2.04. The van der Waals surface area contributed by atoms with E-state index in [4.69, 9.17) is 5.11 Å². The number of hydrogen-bond acceptors (Lipinski definition) is 1. The third-order valence-electron chi connectivity index (χ3n) is 3.28. The lowest BCUT2D eigenvalue weighted by atomic mass is 10.1. The van der Waals surface area contributed by atoms with Crippen LogP contribution in [-0.4, -0.2) is 11.1 Å². The molecule has 1 fully saturated rings. The Labute approximate surface area is 85.3 Å². The number of rotatable bonds is 3. The van der Waals surface area contributed by atoms with Crippen LogP contribution >= 0.6 is 0 Å². The molecule has 0 bridgehead atoms. The number of carboxylic acid groups (broad SMARTS) is 1. The van der Waals surface area contributed by atoms with E-state index in [9.17, 15) is 4.79 Å². The fourth-order valence-corrected chi connectivity index (χ4v) is 1.87. The molecular formula is C12H18O2. The first-order chi connectivity index (χ1) is 6.28. The van der Waals surface area contributed by atoms with Gasteiger partial charge in [-0.2, -0.15) is 0 Å². The van der Waals surface area contributed by atoms with Crippen LogP contribution in [0.15, 0.2) is 23.8 Å². The Hall–Kier alpha value is -1.05. The van der Waals surface area contributed by atoms with Crippen molar-refractivity contribution < 1.29 is 9.90 Å². The predicted octanol–water partition coefficient (Wildman–Crippen LogP) is 2.87. The summed E-state index contributed by atoms with van der Waals surface area (Å²) in [5, 5.41) is 8.96. The minimum atomic E-state index is -0.689. The summed E-state index contributed by atoms with van der Waals surface area (Å²) in [6, 6.07) is 0. The van der Waals surface area contributed by atoms with E-state index in [1.807, 2.05) is 33.8 Å². The van der Waals surface area contributed by atoms with Crippen molar-refractivity contribution >= 4 is 5.97 Å². The minimum Gasteiger partial charge on any atom is -0.481 e. The van der Waals surface area contributed by atoms with Crippen molar-refractivity contribution in [3.05, 3.63) is 23.8 Å². The van der Waals surface area contributed by atoms with Crippen molar-refractivity contribution in [2.45, 2.75) is 27.7 Å². The molecule has 0 radical (unpaired) electrons. The van der Waals surface area contributed by atoms with E-state index in [0.717, 1.165) is 11.1 Å². The molecule has 1 aliphatic rings. The third-order valence-corrected chi connectivity index (χ3v) is 3.28. The smallest absolute Gasteiger partial charge is 0.307 e. The molecule has 0 aliphatic heterocycles. The minimum absolute atomic E-state index is 0.0947. The molecule has 2 unspecified atom stereocenters. The molecule has 1 rings (SSSR count). The fourth-order valence-electron chi connectivity index (χ4n) is 1.87. The fraction of sp³-hybridized carbons (Fsp3) is 0.583. The van der Waals surface area contributed by atoms with Gasteiger partial charge < -0.3 is 5.11 Å². The van der Waals surface area contributed by atoms with E-state index < -0.39 is 5.97 Å². The summed E-state index contributed by atoms with van der Waals surface area (Å²) < 4.78 is 0. The number of hydrogen-bond donors (Lipinski definition) is 1. The summed E-state index contributed by atoms with van der Waals surface area (Å²) >= 11 is 0. The summed E-state index contributed by atoms with van der Waals surface area (Å²) in [4.78, 5) is 10.9. The van der Waals surface area contributed by atoms with E-state index in [0.29, 0.717) is 0 Å². The molecule has 0 aromatic carbocycles. The highest BCUT2D eigenvalue weighted by Gasteiger charge is 2.60. The Bertz CT molecular complexity index is 310. The molecule has 0 heterocycles. The molecule has 1 N–H and O–H groups in total. The van der Waals surface area contributed by atoms with E-state index in [-0.39, 0.29) is 17.3 Å². The Morgan fingerprint density at radius 1 is 1.43 bits per heavy atom. The van der Waals surface area contributed by atoms with Crippen LogP contribution in [0.1, 0.15) is 27.7 Å². The predicted molar refractivity (Wildman–Crippen MR) is 57.0 cm³/mol. The van der Waals surface area contributed by atoms with Crippen molar-refractivity contribution in [1.82, 2.24) is 0 Å². The average Bonchev–Trinajstić information content (AvgIpc) is 2.52. The monoisotopic (exact) mass is 194 g/mol. The lowest BCUT2D eigenvalue weighted by molar-refractivity contribution is -0.139. The molecule has 2 nitrogen and oxygen atoms in total. The Kier molecular flexibility index (Phi) is 2.57. The van der Waals surface area contributed by atoms with E-state index >= 15 is 0 Å². The molecule has 14 heavy (non-hydrogen) atoms. The van der Waals surface area contributed by atoms with Crippen molar-refractivity contribution in [1.29, 1.82) is 0 Å². The van der Waals surface area contributed by atoms with Crippen molar-refractivity contribution in [3.63, 3.8) is 0 Å². The van der Waals surface area contributed by atoms with Gasteiger partial charge in [0, 0.05) is 0 Å². The Balaban J connectivity index is 2.80. The van der Waals surface area contributed by atoms with Gasteiger partial charge in [-0.15, -0.1) is 0 Å². The van der Waals surface area contributed by atoms with Crippen LogP contribution in [0.4, 0.5) is 0 Å². The zero-order valence-electron chi connectivity index (χ0n) is 9.29. The standard InChI is InChI=1S/C12H18O2/c1-7(2)8(3)6-9-10(11(13)14)12(9,4)5/h6,9-10H,1H2,2-5H3,(H,13,14). The second-order valence-electron chi connectivity index (χ2n) is 4.79. The lowest BCUT2D eigenvalue weighted by Crippen LogP contribution is -2.03. The van der Waals surface area contributed by atoms with Crippen LogP contribution in [0.2, 0.25) is 0 Å². The van der Waals surface area contributed by atoms with Crippen LogP contribution in [0.3, 0.4) is 0 Å². The average molecular weight is 194 g/mol. The molecule has 2 atom stereocenters. The molecule has 78 valence electrons. The number of carbonyl (C=O) groups is 1. The first-order valence-electron chi connectivity index (χ1n) is 4.85. The van der Waals surface area contributed by atoms with E-state index in [1.165, 1.54) is 0 Å². The van der Waals surface area contributed by atoms with Crippen LogP contribution in [0.25, 0.3) is 0 Å². The van der Waals surface area contributed by atoms with Crippen molar-refractivity contribution in [2.75, 3.05) is 0 Å². The van der Waals surface area contributed by atoms with Crippen LogP contribution in [-0.2, 0) is 4.79 Å². The first kappa shape index (κ1) is 11.0. The van der Waals surface area contributed by atoms with E-state index in [1.54, 1.807) is 0 Å². The summed E-state index contributed by atoms with van der Waals surface area (Å²) in [6.45, 7) is 11.8. The topological polar surface area (TPSA) is 37.3 Å². The first-order valence-corrected chi connectivity index (χ1v) is 4.85. The summed E-state index contributed by atoms with van der Waals surface area (Å²) in [7, 11) is 0. The molecule has 0 saturated heterocycles. The molecule has 0 aromatic rings. The molecule has 0 amide bonds. The maximum Gasteiger partial charge on any atom is 0.307 e. The highest BCUT2D eigenvalue weighted by atomic mass is 16.4. The maximum absolute atomic E-state index is 10.9. The quantitative estimate of drug-likeness (QED) is 0.701. The normalized spacial score (nSPS) is 29.9. The Morgan fingerprint density at radius 3 is 2.21 bits per heavy atom. The van der Waals surface area contributed by atoms with Gasteiger partial charge in [0.25, 0.3) is 0 Å². The van der Waals surface area contributed by atoms with Crippen LogP contribution in [0, 0.1) is 17.3 Å². The van der Waals surface area contributed by atoms with Crippen molar-refractivity contribution in [2.24, 2.45) is 17.3 Å². The largest absolute Gasteiger partial charge is 0.481 e. The van der Waals surface area contributed by atoms with Gasteiger partial charge in [0.2, 0.25) is 0 Å². The SMILES string of the molecule is C=C(C)C(C)=CC1C(C(=O)O)C1(C)C. The molecule has 0 aromatic heterocycles. The number of aliphatic carboxylic acids is 1. The van der Waals surface area contributed by atoms with Gasteiger partial charge in [-0.25, -0.2) is 0 Å². The molecular weight excluding hydrogens is 176 g/mol. The zero-order chi connectivity index (χ0) is 11.1. The maximum atomic E-state index is 10.9. The van der Waals surface area contributed by atoms with Gasteiger partial charge in [0.05, 0.1) is 5.92 Å². The van der Waals surface area contributed by atoms with Gasteiger partial charge in [-0.1, -0.05) is 37.6 Å². The highest BCUT2D eigenvalue weighted by molar-refractivity contribution is 5.76. The zero-order valence-corrected chi connectivity index (χ0v) is 9.29. The molecule has 1 aliphatic carbocycles. The van der Waals surface area contributed by atoms with Crippen LogP contribution in [0.5, 0.6) is 0 Å². The second kappa shape index (κ2) is 3.26. The third kappa shape index (κ3) is 1.74. The second-order valence-corrected chi connectivity index (χ2v) is 4.79. The van der Waals surface area contributed by atoms with Gasteiger partial charge in [-0.05, 0) is 25.2 Å².